The van der Waals surface area contributed by atoms with Crippen LogP contribution in [0.25, 0.3) is 0 Å². The Balaban J connectivity index is 2.10. The average molecular weight is 281 g/mol. The van der Waals surface area contributed by atoms with Crippen LogP contribution in [-0.4, -0.2) is 55.7 Å². The minimum absolute atomic E-state index is 0.00656. The lowest BCUT2D eigenvalue weighted by molar-refractivity contribution is -0.125. The molecule has 0 spiro atoms. The summed E-state index contributed by atoms with van der Waals surface area (Å²) in [4.78, 5) is 25.8. The van der Waals surface area contributed by atoms with E-state index in [-0.39, 0.29) is 29.4 Å². The van der Waals surface area contributed by atoms with Gasteiger partial charge in [-0.1, -0.05) is 5.16 Å². The number of nitrogens with one attached hydrogen (secondary N) is 1. The first kappa shape index (κ1) is 14.5. The summed E-state index contributed by atoms with van der Waals surface area (Å²) in [6.45, 7) is 3.04. The number of amides is 2. The van der Waals surface area contributed by atoms with Gasteiger partial charge in [0.25, 0.3) is 5.91 Å². The second-order valence-corrected chi connectivity index (χ2v) is 4.98. The topological polar surface area (TPSA) is 84.7 Å². The fraction of sp³-hybridized carbons (Fsp3) is 0.615. The number of carbonyl (C=O) groups excluding carboxylic acids is 2. The van der Waals surface area contributed by atoms with E-state index in [2.05, 4.69) is 10.5 Å². The largest absolute Gasteiger partial charge is 0.384 e. The molecule has 0 saturated carbocycles. The first-order valence-corrected chi connectivity index (χ1v) is 6.50. The van der Waals surface area contributed by atoms with Gasteiger partial charge in [-0.3, -0.25) is 9.59 Å². The summed E-state index contributed by atoms with van der Waals surface area (Å²) < 4.78 is 10.1. The van der Waals surface area contributed by atoms with Gasteiger partial charge in [0.2, 0.25) is 11.7 Å². The molecule has 7 nitrogen and oxygen atoms in total. The quantitative estimate of drug-likeness (QED) is 0.844. The molecule has 2 heterocycles. The van der Waals surface area contributed by atoms with Crippen molar-refractivity contribution in [3.8, 4) is 0 Å². The average Bonchev–Trinajstić information content (AvgIpc) is 3.04. The van der Waals surface area contributed by atoms with Gasteiger partial charge in [-0.2, -0.15) is 0 Å². The van der Waals surface area contributed by atoms with Crippen LogP contribution in [0.15, 0.2) is 10.6 Å². The van der Waals surface area contributed by atoms with Crippen molar-refractivity contribution < 1.29 is 18.8 Å². The maximum atomic E-state index is 12.3. The Morgan fingerprint density at radius 2 is 2.30 bits per heavy atom. The predicted molar refractivity (Wildman–Crippen MR) is 70.1 cm³/mol. The zero-order valence-electron chi connectivity index (χ0n) is 11.9. The molecule has 20 heavy (non-hydrogen) atoms. The zero-order valence-corrected chi connectivity index (χ0v) is 11.9. The van der Waals surface area contributed by atoms with E-state index >= 15 is 0 Å². The van der Waals surface area contributed by atoms with Gasteiger partial charge in [-0.25, -0.2) is 0 Å². The van der Waals surface area contributed by atoms with Crippen LogP contribution in [-0.2, 0) is 9.53 Å². The summed E-state index contributed by atoms with van der Waals surface area (Å²) >= 11 is 0. The van der Waals surface area contributed by atoms with E-state index in [4.69, 9.17) is 9.26 Å². The zero-order chi connectivity index (χ0) is 14.7. The Kier molecular flexibility index (Phi) is 4.39. The summed E-state index contributed by atoms with van der Waals surface area (Å²) in [5, 5.41) is 6.34. The van der Waals surface area contributed by atoms with E-state index in [1.807, 2.05) is 0 Å². The first-order chi connectivity index (χ1) is 9.56. The molecule has 0 aliphatic carbocycles. The predicted octanol–water partition coefficient (Wildman–Crippen LogP) is 0.0636. The van der Waals surface area contributed by atoms with Gasteiger partial charge >= 0.3 is 0 Å². The lowest BCUT2D eigenvalue weighted by Gasteiger charge is -2.14. The van der Waals surface area contributed by atoms with Gasteiger partial charge in [-0.15, -0.1) is 0 Å². The molecule has 1 aliphatic heterocycles. The van der Waals surface area contributed by atoms with Crippen molar-refractivity contribution in [2.45, 2.75) is 6.92 Å². The van der Waals surface area contributed by atoms with Crippen LogP contribution in [0, 0.1) is 18.8 Å². The molecular formula is C13H19N3O4. The molecule has 0 unspecified atom stereocenters. The highest BCUT2D eigenvalue weighted by atomic mass is 16.5. The van der Waals surface area contributed by atoms with Gasteiger partial charge in [0.05, 0.1) is 18.2 Å². The van der Waals surface area contributed by atoms with E-state index in [1.54, 1.807) is 32.0 Å². The molecule has 1 saturated heterocycles. The van der Waals surface area contributed by atoms with Crippen molar-refractivity contribution >= 4 is 11.8 Å². The number of ether oxygens (including phenoxy) is 1. The van der Waals surface area contributed by atoms with Crippen molar-refractivity contribution in [2.75, 3.05) is 33.9 Å². The van der Waals surface area contributed by atoms with Crippen molar-refractivity contribution in [3.05, 3.63) is 17.5 Å². The van der Waals surface area contributed by atoms with Crippen molar-refractivity contribution in [1.29, 1.82) is 0 Å². The van der Waals surface area contributed by atoms with Crippen LogP contribution in [0.4, 0.5) is 0 Å². The van der Waals surface area contributed by atoms with Crippen LogP contribution in [0.1, 0.15) is 16.2 Å². The smallest absolute Gasteiger partial charge is 0.292 e. The van der Waals surface area contributed by atoms with Gasteiger partial charge in [0.1, 0.15) is 0 Å². The second kappa shape index (κ2) is 6.04. The molecule has 1 N–H and O–H groups in total. The number of aromatic nitrogens is 1. The monoisotopic (exact) mass is 281 g/mol. The maximum Gasteiger partial charge on any atom is 0.292 e. The molecule has 2 rings (SSSR count). The number of hydrogen-bond acceptors (Lipinski definition) is 5. The minimum atomic E-state index is -0.257. The lowest BCUT2D eigenvalue weighted by atomic mass is 9.96. The van der Waals surface area contributed by atoms with Gasteiger partial charge in [-0.05, 0) is 6.92 Å². The van der Waals surface area contributed by atoms with E-state index in [9.17, 15) is 9.59 Å². The third kappa shape index (κ3) is 2.82. The summed E-state index contributed by atoms with van der Waals surface area (Å²) in [5.41, 5.74) is 0.656. The maximum absolute atomic E-state index is 12.3. The summed E-state index contributed by atoms with van der Waals surface area (Å²) in [6.07, 6.45) is 0. The highest BCUT2D eigenvalue weighted by Gasteiger charge is 2.40. The van der Waals surface area contributed by atoms with Crippen LogP contribution in [0.5, 0.6) is 0 Å². The molecule has 1 aromatic rings. The number of likely N-dealkylation sites (tertiary alicyclic amines) is 1. The van der Waals surface area contributed by atoms with E-state index in [0.29, 0.717) is 25.4 Å². The number of methoxy groups -OCH3 is 1. The Labute approximate surface area is 117 Å². The standard InChI is InChI=1S/C13H19N3O4/c1-8-4-11(20-15-8)13(18)16-5-9(7-19-3)10(6-16)12(17)14-2/h4,9-10H,5-7H2,1-3H3,(H,14,17)/t9-,10+/m0/s1. The highest BCUT2D eigenvalue weighted by Crippen LogP contribution is 2.25. The molecule has 2 atom stereocenters. The number of carbonyl (C=O) groups is 2. The summed E-state index contributed by atoms with van der Waals surface area (Å²) in [5.74, 6) is -0.369. The van der Waals surface area contributed by atoms with E-state index < -0.39 is 0 Å². The Hall–Kier alpha value is -1.89. The Morgan fingerprint density at radius 3 is 2.85 bits per heavy atom. The molecule has 0 radical (unpaired) electrons. The molecule has 1 aromatic heterocycles. The minimum Gasteiger partial charge on any atom is -0.384 e. The Bertz CT molecular complexity index is 500. The van der Waals surface area contributed by atoms with E-state index in [1.165, 1.54) is 0 Å². The Morgan fingerprint density at radius 1 is 1.55 bits per heavy atom. The molecule has 0 bridgehead atoms. The fourth-order valence-electron chi connectivity index (χ4n) is 2.52. The van der Waals surface area contributed by atoms with Crippen molar-refractivity contribution in [2.24, 2.45) is 11.8 Å². The number of aryl methyl sites for hydroxylation is 1. The molecule has 1 aliphatic rings. The van der Waals surface area contributed by atoms with Crippen LogP contribution in [0.3, 0.4) is 0 Å². The van der Waals surface area contributed by atoms with Gasteiger partial charge < -0.3 is 19.5 Å². The molecular weight excluding hydrogens is 262 g/mol. The van der Waals surface area contributed by atoms with Crippen LogP contribution in [0.2, 0.25) is 0 Å². The summed E-state index contributed by atoms with van der Waals surface area (Å²) in [6, 6.07) is 1.60. The van der Waals surface area contributed by atoms with Gasteiger partial charge in [0, 0.05) is 39.2 Å². The molecule has 110 valence electrons. The molecule has 2 amide bonds. The van der Waals surface area contributed by atoms with E-state index in [0.717, 1.165) is 0 Å². The molecule has 7 heteroatoms. The number of rotatable bonds is 4. The van der Waals surface area contributed by atoms with Crippen molar-refractivity contribution in [3.63, 3.8) is 0 Å². The highest BCUT2D eigenvalue weighted by molar-refractivity contribution is 5.92. The second-order valence-electron chi connectivity index (χ2n) is 4.98. The first-order valence-electron chi connectivity index (χ1n) is 6.50. The normalized spacial score (nSPS) is 22.1. The van der Waals surface area contributed by atoms with Crippen molar-refractivity contribution in [1.82, 2.24) is 15.4 Å². The summed E-state index contributed by atoms with van der Waals surface area (Å²) in [7, 11) is 3.18. The third-order valence-corrected chi connectivity index (χ3v) is 3.53. The number of hydrogen-bond donors (Lipinski definition) is 1. The fourth-order valence-corrected chi connectivity index (χ4v) is 2.52. The number of nitrogens with zero attached hydrogens (tertiary/aromatic N) is 2. The molecule has 1 fully saturated rings. The lowest BCUT2D eigenvalue weighted by Crippen LogP contribution is -2.34. The third-order valence-electron chi connectivity index (χ3n) is 3.53. The molecule has 0 aromatic carbocycles. The van der Waals surface area contributed by atoms with Crippen LogP contribution >= 0.6 is 0 Å². The van der Waals surface area contributed by atoms with Crippen LogP contribution < -0.4 is 5.32 Å². The SMILES string of the molecule is CNC(=O)[C@@H]1CN(C(=O)c2cc(C)no2)C[C@H]1COC. The van der Waals surface area contributed by atoms with Gasteiger partial charge in [0.15, 0.2) is 0 Å².